The van der Waals surface area contributed by atoms with Gasteiger partial charge in [-0.15, -0.1) is 0 Å². The molecule has 1 N–H and O–H groups in total. The van der Waals surface area contributed by atoms with Crippen molar-refractivity contribution in [2.24, 2.45) is 0 Å². The summed E-state index contributed by atoms with van der Waals surface area (Å²) in [6.45, 7) is 3.31. The Kier molecular flexibility index (Phi) is 6.58. The van der Waals surface area contributed by atoms with Gasteiger partial charge in [-0.25, -0.2) is 9.59 Å². The van der Waals surface area contributed by atoms with Crippen LogP contribution >= 0.6 is 34.8 Å². The Hall–Kier alpha value is -1.17. The molecule has 0 saturated carbocycles. The van der Waals surface area contributed by atoms with Crippen molar-refractivity contribution in [3.05, 3.63) is 35.9 Å². The fourth-order valence-electron chi connectivity index (χ4n) is 1.28. The second-order valence-electron chi connectivity index (χ2n) is 4.29. The molecular weight excluding hydrogens is 341 g/mol. The van der Waals surface area contributed by atoms with Crippen molar-refractivity contribution in [3.8, 4) is 0 Å². The van der Waals surface area contributed by atoms with E-state index in [-0.39, 0.29) is 11.7 Å². The molecule has 0 spiro atoms. The van der Waals surface area contributed by atoms with Crippen LogP contribution in [0.25, 0.3) is 0 Å². The van der Waals surface area contributed by atoms with E-state index in [0.29, 0.717) is 0 Å². The number of halogens is 3. The van der Waals surface area contributed by atoms with E-state index in [2.05, 4.69) is 5.32 Å². The van der Waals surface area contributed by atoms with Crippen molar-refractivity contribution in [2.45, 2.75) is 30.0 Å². The molecule has 0 aromatic heterocycles. The standard InChI is InChI=1S/C13H14Cl3NO4/c1-8(2)20-12(19)17-11(13(14,15)16)21-10(18)9-6-4-3-5-7-9/h3-8,11H,1-2H3,(H,17,19)/t11-/m1/s1. The molecule has 0 aliphatic rings. The molecule has 0 aliphatic heterocycles. The number of nitrogens with one attached hydrogen (secondary N) is 1. The van der Waals surface area contributed by atoms with Gasteiger partial charge in [-0.1, -0.05) is 53.0 Å². The summed E-state index contributed by atoms with van der Waals surface area (Å²) in [5.41, 5.74) is 0.260. The van der Waals surface area contributed by atoms with Crippen molar-refractivity contribution >= 4 is 46.9 Å². The smallest absolute Gasteiger partial charge is 0.410 e. The van der Waals surface area contributed by atoms with Gasteiger partial charge in [0.15, 0.2) is 0 Å². The fraction of sp³-hybridized carbons (Fsp3) is 0.385. The first-order valence-electron chi connectivity index (χ1n) is 6.00. The van der Waals surface area contributed by atoms with E-state index in [9.17, 15) is 9.59 Å². The van der Waals surface area contributed by atoms with Crippen LogP contribution in [0.2, 0.25) is 0 Å². The molecule has 0 bridgehead atoms. The molecule has 0 unspecified atom stereocenters. The van der Waals surface area contributed by atoms with Crippen LogP contribution in [0.5, 0.6) is 0 Å². The summed E-state index contributed by atoms with van der Waals surface area (Å²) in [6, 6.07) is 8.11. The Morgan fingerprint density at radius 2 is 1.67 bits per heavy atom. The molecule has 1 aromatic carbocycles. The third kappa shape index (κ3) is 6.42. The number of ether oxygens (including phenoxy) is 2. The van der Waals surface area contributed by atoms with Gasteiger partial charge in [-0.2, -0.15) is 0 Å². The summed E-state index contributed by atoms with van der Waals surface area (Å²) in [5.74, 6) is -0.739. The van der Waals surface area contributed by atoms with Crippen molar-refractivity contribution in [2.75, 3.05) is 0 Å². The Bertz CT molecular complexity index is 488. The molecule has 1 atom stereocenters. The highest BCUT2D eigenvalue weighted by atomic mass is 35.6. The molecule has 0 aliphatic carbocycles. The molecule has 0 saturated heterocycles. The van der Waals surface area contributed by atoms with Crippen LogP contribution in [0, 0.1) is 0 Å². The zero-order valence-electron chi connectivity index (χ0n) is 11.3. The zero-order chi connectivity index (χ0) is 16.0. The predicted molar refractivity (Wildman–Crippen MR) is 80.7 cm³/mol. The summed E-state index contributed by atoms with van der Waals surface area (Å²) in [4.78, 5) is 23.4. The van der Waals surface area contributed by atoms with E-state index >= 15 is 0 Å². The first-order valence-corrected chi connectivity index (χ1v) is 7.13. The van der Waals surface area contributed by atoms with E-state index in [1.165, 1.54) is 12.1 Å². The highest BCUT2D eigenvalue weighted by Gasteiger charge is 2.38. The van der Waals surface area contributed by atoms with Gasteiger partial charge >= 0.3 is 12.1 Å². The number of amides is 1. The van der Waals surface area contributed by atoms with E-state index < -0.39 is 22.1 Å². The molecule has 1 rings (SSSR count). The van der Waals surface area contributed by atoms with Crippen molar-refractivity contribution in [1.29, 1.82) is 0 Å². The monoisotopic (exact) mass is 353 g/mol. The molecule has 0 heterocycles. The molecular formula is C13H14Cl3NO4. The van der Waals surface area contributed by atoms with Gasteiger partial charge < -0.3 is 9.47 Å². The van der Waals surface area contributed by atoms with E-state index in [4.69, 9.17) is 44.3 Å². The van der Waals surface area contributed by atoms with Gasteiger partial charge in [0.2, 0.25) is 10.0 Å². The third-order valence-electron chi connectivity index (χ3n) is 2.12. The number of carbonyl (C=O) groups is 2. The maximum Gasteiger partial charge on any atom is 0.410 e. The number of hydrogen-bond acceptors (Lipinski definition) is 4. The molecule has 0 radical (unpaired) electrons. The molecule has 5 nitrogen and oxygen atoms in total. The maximum atomic E-state index is 11.9. The lowest BCUT2D eigenvalue weighted by Gasteiger charge is -2.25. The van der Waals surface area contributed by atoms with Gasteiger partial charge in [-0.05, 0) is 26.0 Å². The molecule has 1 amide bonds. The summed E-state index contributed by atoms with van der Waals surface area (Å²) < 4.78 is 7.81. The van der Waals surface area contributed by atoms with Crippen molar-refractivity contribution in [3.63, 3.8) is 0 Å². The van der Waals surface area contributed by atoms with Gasteiger partial charge in [0.05, 0.1) is 11.7 Å². The van der Waals surface area contributed by atoms with Crippen LogP contribution in [-0.4, -0.2) is 28.2 Å². The average Bonchev–Trinajstić information content (AvgIpc) is 2.36. The quantitative estimate of drug-likeness (QED) is 0.509. The Labute approximate surface area is 137 Å². The second kappa shape index (κ2) is 7.73. The first kappa shape index (κ1) is 17.9. The molecule has 21 heavy (non-hydrogen) atoms. The largest absolute Gasteiger partial charge is 0.447 e. The number of hydrogen-bond donors (Lipinski definition) is 1. The van der Waals surface area contributed by atoms with Crippen LogP contribution in [-0.2, 0) is 9.47 Å². The summed E-state index contributed by atoms with van der Waals surface area (Å²) in [6.07, 6.45) is -2.71. The highest BCUT2D eigenvalue weighted by Crippen LogP contribution is 2.31. The topological polar surface area (TPSA) is 64.6 Å². The number of carbonyl (C=O) groups excluding carboxylic acids is 2. The van der Waals surface area contributed by atoms with Crippen LogP contribution in [0.1, 0.15) is 24.2 Å². The fourth-order valence-corrected chi connectivity index (χ4v) is 1.58. The second-order valence-corrected chi connectivity index (χ2v) is 6.66. The molecule has 8 heteroatoms. The minimum atomic E-state index is -2.04. The van der Waals surface area contributed by atoms with E-state index in [0.717, 1.165) is 0 Å². The number of alkyl halides is 3. The highest BCUT2D eigenvalue weighted by molar-refractivity contribution is 6.68. The van der Waals surface area contributed by atoms with E-state index in [1.807, 2.05) is 0 Å². The molecule has 116 valence electrons. The predicted octanol–water partition coefficient (Wildman–Crippen LogP) is 3.67. The van der Waals surface area contributed by atoms with Gasteiger partial charge in [0.1, 0.15) is 0 Å². The van der Waals surface area contributed by atoms with Crippen LogP contribution in [0.4, 0.5) is 4.79 Å². The van der Waals surface area contributed by atoms with Gasteiger partial charge in [0.25, 0.3) is 0 Å². The SMILES string of the molecule is CC(C)OC(=O)N[C@H](OC(=O)c1ccccc1)C(Cl)(Cl)Cl. The number of esters is 1. The van der Waals surface area contributed by atoms with E-state index in [1.54, 1.807) is 32.0 Å². The maximum absolute atomic E-state index is 11.9. The summed E-state index contributed by atoms with van der Waals surface area (Å²) >= 11 is 17.1. The van der Waals surface area contributed by atoms with Crippen molar-refractivity contribution in [1.82, 2.24) is 5.32 Å². The minimum absolute atomic E-state index is 0.260. The van der Waals surface area contributed by atoms with Crippen LogP contribution < -0.4 is 5.32 Å². The zero-order valence-corrected chi connectivity index (χ0v) is 13.6. The number of rotatable bonds is 4. The lowest BCUT2D eigenvalue weighted by molar-refractivity contribution is 0.0198. The Morgan fingerprint density at radius 3 is 2.14 bits per heavy atom. The average molecular weight is 355 g/mol. The minimum Gasteiger partial charge on any atom is -0.447 e. The first-order chi connectivity index (χ1) is 9.70. The summed E-state index contributed by atoms with van der Waals surface area (Å²) in [5, 5.41) is 2.19. The van der Waals surface area contributed by atoms with Crippen LogP contribution in [0.15, 0.2) is 30.3 Å². The van der Waals surface area contributed by atoms with Gasteiger partial charge in [0, 0.05) is 0 Å². The summed E-state index contributed by atoms with van der Waals surface area (Å²) in [7, 11) is 0. The van der Waals surface area contributed by atoms with Crippen molar-refractivity contribution < 1.29 is 19.1 Å². The van der Waals surface area contributed by atoms with Crippen LogP contribution in [0.3, 0.4) is 0 Å². The number of benzene rings is 1. The number of alkyl carbamates (subject to hydrolysis) is 1. The Morgan fingerprint density at radius 1 is 1.10 bits per heavy atom. The Balaban J connectivity index is 2.76. The molecule has 1 aromatic rings. The third-order valence-corrected chi connectivity index (χ3v) is 2.72. The normalized spacial score (nSPS) is 12.7. The van der Waals surface area contributed by atoms with Gasteiger partial charge in [-0.3, -0.25) is 5.32 Å². The molecule has 0 fully saturated rings. The lowest BCUT2D eigenvalue weighted by Crippen LogP contribution is -2.47. The lowest BCUT2D eigenvalue weighted by atomic mass is 10.2.